The first-order chi connectivity index (χ1) is 17.5. The first-order valence-corrected chi connectivity index (χ1v) is 14.5. The number of hydrogen-bond donors (Lipinski definition) is 1. The first kappa shape index (κ1) is 29.2. The molecule has 0 saturated heterocycles. The molecule has 1 aliphatic rings. The van der Waals surface area contributed by atoms with E-state index < -0.39 is 28.7 Å². The fourth-order valence-electron chi connectivity index (χ4n) is 4.43. The minimum absolute atomic E-state index is 0.0239. The topological polar surface area (TPSA) is 90.0 Å². The Kier molecular flexibility index (Phi) is 10.2. The third kappa shape index (κ3) is 7.37. The molecule has 37 heavy (non-hydrogen) atoms. The number of amides is 2. The van der Waals surface area contributed by atoms with Gasteiger partial charge in [0.1, 0.15) is 12.6 Å². The zero-order valence-corrected chi connectivity index (χ0v) is 23.7. The molecule has 202 valence electrons. The smallest absolute Gasteiger partial charge is 0.304 e. The van der Waals surface area contributed by atoms with Crippen molar-refractivity contribution in [2.24, 2.45) is 0 Å². The van der Waals surface area contributed by atoms with Gasteiger partial charge < -0.3 is 10.2 Å². The van der Waals surface area contributed by atoms with Crippen molar-refractivity contribution in [3.63, 3.8) is 0 Å². The van der Waals surface area contributed by atoms with Crippen LogP contribution in [-0.2, 0) is 26.3 Å². The highest BCUT2D eigenvalue weighted by molar-refractivity contribution is 7.90. The number of hydrogen-bond acceptors (Lipinski definition) is 4. The van der Waals surface area contributed by atoms with E-state index in [-0.39, 0.29) is 18.5 Å². The Labute approximate surface area is 229 Å². The zero-order valence-electron chi connectivity index (χ0n) is 21.4. The normalized spacial score (nSPS) is 15.0. The van der Waals surface area contributed by atoms with Crippen LogP contribution in [0.5, 0.6) is 0 Å². The van der Waals surface area contributed by atoms with Crippen molar-refractivity contribution in [3.8, 4) is 0 Å². The molecule has 1 atom stereocenters. The van der Waals surface area contributed by atoms with Crippen LogP contribution in [0.25, 0.3) is 0 Å². The summed E-state index contributed by atoms with van der Waals surface area (Å²) in [6.45, 7) is 1.37. The third-order valence-corrected chi connectivity index (χ3v) is 8.91. The van der Waals surface area contributed by atoms with Gasteiger partial charge in [0.15, 0.2) is 0 Å². The van der Waals surface area contributed by atoms with Gasteiger partial charge in [-0.15, -0.1) is 0 Å². The Bertz CT molecular complexity index is 1190. The van der Waals surface area contributed by atoms with Crippen molar-refractivity contribution in [1.82, 2.24) is 14.5 Å². The molecule has 0 spiro atoms. The molecule has 0 heterocycles. The van der Waals surface area contributed by atoms with Crippen molar-refractivity contribution < 1.29 is 18.0 Å². The van der Waals surface area contributed by atoms with Crippen molar-refractivity contribution >= 4 is 50.9 Å². The lowest BCUT2D eigenvalue weighted by Crippen LogP contribution is -2.54. The molecule has 1 fully saturated rings. The van der Waals surface area contributed by atoms with Crippen LogP contribution in [0.1, 0.15) is 44.6 Å². The molecule has 1 unspecified atom stereocenters. The number of carbonyl (C=O) groups is 2. The van der Waals surface area contributed by atoms with Gasteiger partial charge in [-0.25, -0.2) is 4.31 Å². The summed E-state index contributed by atoms with van der Waals surface area (Å²) in [4.78, 5) is 28.7. The van der Waals surface area contributed by atoms with E-state index in [0.717, 1.165) is 34.3 Å². The molecule has 1 aliphatic carbocycles. The van der Waals surface area contributed by atoms with Gasteiger partial charge in [-0.2, -0.15) is 12.7 Å². The highest BCUT2D eigenvalue weighted by Gasteiger charge is 2.34. The molecular weight excluding hydrogens is 535 g/mol. The van der Waals surface area contributed by atoms with Crippen LogP contribution in [-0.4, -0.2) is 62.2 Å². The van der Waals surface area contributed by atoms with Crippen LogP contribution in [0.15, 0.2) is 48.5 Å². The number of rotatable bonds is 11. The van der Waals surface area contributed by atoms with E-state index in [1.165, 1.54) is 19.0 Å². The summed E-state index contributed by atoms with van der Waals surface area (Å²) in [6.07, 6.45) is 4.27. The Morgan fingerprint density at radius 1 is 1.05 bits per heavy atom. The third-order valence-electron chi connectivity index (χ3n) is 6.51. The number of para-hydroxylation sites is 1. The predicted molar refractivity (Wildman–Crippen MR) is 148 cm³/mol. The van der Waals surface area contributed by atoms with Crippen LogP contribution in [0.2, 0.25) is 10.0 Å². The van der Waals surface area contributed by atoms with E-state index in [2.05, 4.69) is 5.32 Å². The monoisotopic (exact) mass is 568 g/mol. The van der Waals surface area contributed by atoms with Gasteiger partial charge in [0.25, 0.3) is 0 Å². The van der Waals surface area contributed by atoms with E-state index in [1.54, 1.807) is 48.5 Å². The molecule has 2 aromatic carbocycles. The summed E-state index contributed by atoms with van der Waals surface area (Å²) in [5.41, 5.74) is 0.950. The van der Waals surface area contributed by atoms with Gasteiger partial charge in [-0.05, 0) is 49.1 Å². The Hall–Kier alpha value is -2.33. The van der Waals surface area contributed by atoms with Gasteiger partial charge in [-0.1, -0.05) is 67.2 Å². The summed E-state index contributed by atoms with van der Waals surface area (Å²) in [5.74, 6) is -0.775. The lowest BCUT2D eigenvalue weighted by atomic mass is 10.1. The molecular formula is C26H34Cl2N4O4S. The van der Waals surface area contributed by atoms with Gasteiger partial charge in [0.05, 0.1) is 5.69 Å². The first-order valence-electron chi connectivity index (χ1n) is 12.3. The molecule has 2 amide bonds. The van der Waals surface area contributed by atoms with Gasteiger partial charge in [-0.3, -0.25) is 9.59 Å². The Balaban J connectivity index is 1.97. The maximum absolute atomic E-state index is 13.9. The number of nitrogens with one attached hydrogen (secondary N) is 1. The molecule has 0 radical (unpaired) electrons. The van der Waals surface area contributed by atoms with Crippen LogP contribution in [0, 0.1) is 0 Å². The molecule has 11 heteroatoms. The average Bonchev–Trinajstić information content (AvgIpc) is 3.36. The highest BCUT2D eigenvalue weighted by Crippen LogP contribution is 2.26. The number of carbonyl (C=O) groups excluding carboxylic acids is 2. The fourth-order valence-corrected chi connectivity index (χ4v) is 5.96. The van der Waals surface area contributed by atoms with Crippen molar-refractivity contribution in [3.05, 3.63) is 64.1 Å². The minimum atomic E-state index is -4.00. The molecule has 1 N–H and O–H groups in total. The van der Waals surface area contributed by atoms with Crippen LogP contribution < -0.4 is 9.62 Å². The maximum atomic E-state index is 13.9. The van der Waals surface area contributed by atoms with Crippen LogP contribution in [0.4, 0.5) is 5.69 Å². The average molecular weight is 570 g/mol. The van der Waals surface area contributed by atoms with Crippen LogP contribution in [0.3, 0.4) is 0 Å². The Morgan fingerprint density at radius 3 is 2.27 bits per heavy atom. The highest BCUT2D eigenvalue weighted by atomic mass is 35.5. The quantitative estimate of drug-likeness (QED) is 0.433. The second-order valence-electron chi connectivity index (χ2n) is 9.30. The largest absolute Gasteiger partial charge is 0.352 e. The second-order valence-corrected chi connectivity index (χ2v) is 12.2. The lowest BCUT2D eigenvalue weighted by Gasteiger charge is -2.34. The lowest BCUT2D eigenvalue weighted by molar-refractivity contribution is -0.140. The molecule has 0 bridgehead atoms. The standard InChI is InChI=1S/C26H34Cl2N4O4S/c1-4-24(26(34)29-21-10-8-9-11-21)31(17-19-14-15-20(27)16-23(19)28)25(33)18-32(37(35,36)30(2)3)22-12-6-5-7-13-22/h5-7,12-16,21,24H,4,8-11,17-18H2,1-3H3,(H,29,34). The van der Waals surface area contributed by atoms with Crippen molar-refractivity contribution in [2.45, 2.75) is 57.7 Å². The second kappa shape index (κ2) is 13.0. The summed E-state index contributed by atoms with van der Waals surface area (Å²) >= 11 is 12.5. The molecule has 3 rings (SSSR count). The molecule has 2 aromatic rings. The molecule has 0 aliphatic heterocycles. The summed E-state index contributed by atoms with van der Waals surface area (Å²) < 4.78 is 28.5. The van der Waals surface area contributed by atoms with E-state index in [9.17, 15) is 18.0 Å². The van der Waals surface area contributed by atoms with E-state index in [1.807, 2.05) is 6.92 Å². The van der Waals surface area contributed by atoms with Crippen molar-refractivity contribution in [1.29, 1.82) is 0 Å². The van der Waals surface area contributed by atoms with Crippen molar-refractivity contribution in [2.75, 3.05) is 24.9 Å². The van der Waals surface area contributed by atoms with E-state index >= 15 is 0 Å². The maximum Gasteiger partial charge on any atom is 0.304 e. The van der Waals surface area contributed by atoms with Gasteiger partial charge in [0.2, 0.25) is 11.8 Å². The van der Waals surface area contributed by atoms with Gasteiger partial charge >= 0.3 is 10.2 Å². The predicted octanol–water partition coefficient (Wildman–Crippen LogP) is 4.47. The summed E-state index contributed by atoms with van der Waals surface area (Å²) in [5, 5.41) is 3.89. The summed E-state index contributed by atoms with van der Waals surface area (Å²) in [6, 6.07) is 12.6. The number of benzene rings is 2. The van der Waals surface area contributed by atoms with E-state index in [0.29, 0.717) is 27.7 Å². The minimum Gasteiger partial charge on any atom is -0.352 e. The van der Waals surface area contributed by atoms with E-state index in [4.69, 9.17) is 23.2 Å². The van der Waals surface area contributed by atoms with Crippen LogP contribution >= 0.6 is 23.2 Å². The fraction of sp³-hybridized carbons (Fsp3) is 0.462. The number of anilines is 1. The molecule has 0 aromatic heterocycles. The van der Waals surface area contributed by atoms with Gasteiger partial charge in [0, 0.05) is 36.7 Å². The molecule has 8 nitrogen and oxygen atoms in total. The number of nitrogens with zero attached hydrogens (tertiary/aromatic N) is 3. The zero-order chi connectivity index (χ0) is 27.2. The number of halogens is 2. The molecule has 1 saturated carbocycles. The summed E-state index contributed by atoms with van der Waals surface area (Å²) in [7, 11) is -1.19. The SMILES string of the molecule is CCC(C(=O)NC1CCCC1)N(Cc1ccc(Cl)cc1Cl)C(=O)CN(c1ccccc1)S(=O)(=O)N(C)C. The Morgan fingerprint density at radius 2 is 1.70 bits per heavy atom.